The summed E-state index contributed by atoms with van der Waals surface area (Å²) in [6.45, 7) is 5.54. The number of carbonyl (C=O) groups is 3. The minimum absolute atomic E-state index is 0.211. The van der Waals surface area contributed by atoms with E-state index in [9.17, 15) is 14.4 Å². The monoisotopic (exact) mass is 436 g/mol. The summed E-state index contributed by atoms with van der Waals surface area (Å²) in [4.78, 5) is 40.1. The first kappa shape index (κ1) is 22.5. The van der Waals surface area contributed by atoms with Crippen molar-refractivity contribution in [3.05, 3.63) is 66.7 Å². The Balaban J connectivity index is 1.53. The molecule has 0 spiro atoms. The van der Waals surface area contributed by atoms with Crippen molar-refractivity contribution < 1.29 is 23.5 Å². The van der Waals surface area contributed by atoms with Crippen molar-refractivity contribution in [2.45, 2.75) is 32.9 Å². The number of alkyl carbamates (subject to hydrolysis) is 1. The van der Waals surface area contributed by atoms with Crippen LogP contribution in [-0.4, -0.2) is 28.5 Å². The van der Waals surface area contributed by atoms with E-state index in [1.54, 1.807) is 75.5 Å². The van der Waals surface area contributed by atoms with Gasteiger partial charge in [-0.25, -0.2) is 9.78 Å². The molecule has 9 heteroatoms. The quantitative estimate of drug-likeness (QED) is 0.521. The van der Waals surface area contributed by atoms with Crippen molar-refractivity contribution in [2.24, 2.45) is 0 Å². The Morgan fingerprint density at radius 2 is 1.66 bits per heavy atom. The minimum Gasteiger partial charge on any atom is -0.444 e. The third-order valence-electron chi connectivity index (χ3n) is 4.09. The zero-order valence-corrected chi connectivity index (χ0v) is 18.0. The molecule has 0 aliphatic heterocycles. The van der Waals surface area contributed by atoms with Gasteiger partial charge in [-0.2, -0.15) is 0 Å². The standard InChI is InChI=1S/C23H24N4O5/c1-23(2,3)32-22(30)25-12-15-5-4-6-18(11-15)27-21(29)20(28)26-17-9-7-16(8-10-17)19-13-24-14-31-19/h4-11,13-14H,12H2,1-3H3,(H,25,30)(H,26,28)(H,27,29). The van der Waals surface area contributed by atoms with Crippen LogP contribution >= 0.6 is 0 Å². The van der Waals surface area contributed by atoms with Gasteiger partial charge < -0.3 is 25.1 Å². The normalized spacial score (nSPS) is 10.8. The van der Waals surface area contributed by atoms with E-state index in [4.69, 9.17) is 9.15 Å². The summed E-state index contributed by atoms with van der Waals surface area (Å²) in [5.74, 6) is -1.03. The number of carbonyl (C=O) groups excluding carboxylic acids is 3. The predicted molar refractivity (Wildman–Crippen MR) is 119 cm³/mol. The number of aromatic nitrogens is 1. The molecule has 9 nitrogen and oxygen atoms in total. The van der Waals surface area contributed by atoms with Gasteiger partial charge in [-0.15, -0.1) is 0 Å². The van der Waals surface area contributed by atoms with Gasteiger partial charge >= 0.3 is 17.9 Å². The van der Waals surface area contributed by atoms with Crippen LogP contribution in [0.2, 0.25) is 0 Å². The Kier molecular flexibility index (Phi) is 6.89. The van der Waals surface area contributed by atoms with Crippen molar-refractivity contribution in [1.29, 1.82) is 0 Å². The average Bonchev–Trinajstić information content (AvgIpc) is 3.27. The fourth-order valence-electron chi connectivity index (χ4n) is 2.70. The molecule has 1 aromatic heterocycles. The Labute approximate surface area is 185 Å². The summed E-state index contributed by atoms with van der Waals surface area (Å²) in [6, 6.07) is 13.6. The molecule has 0 bridgehead atoms. The van der Waals surface area contributed by atoms with Gasteiger partial charge in [0.05, 0.1) is 6.20 Å². The van der Waals surface area contributed by atoms with Gasteiger partial charge in [-0.3, -0.25) is 9.59 Å². The van der Waals surface area contributed by atoms with Gasteiger partial charge in [0.2, 0.25) is 0 Å². The minimum atomic E-state index is -0.818. The van der Waals surface area contributed by atoms with E-state index in [-0.39, 0.29) is 6.54 Å². The predicted octanol–water partition coefficient (Wildman–Crippen LogP) is 3.94. The number of oxazole rings is 1. The van der Waals surface area contributed by atoms with Gasteiger partial charge in [-0.1, -0.05) is 12.1 Å². The first-order valence-electron chi connectivity index (χ1n) is 9.87. The van der Waals surface area contributed by atoms with E-state index in [0.717, 1.165) is 11.1 Å². The maximum absolute atomic E-state index is 12.3. The highest BCUT2D eigenvalue weighted by molar-refractivity contribution is 6.43. The third-order valence-corrected chi connectivity index (χ3v) is 4.09. The number of ether oxygens (including phenoxy) is 1. The smallest absolute Gasteiger partial charge is 0.407 e. The van der Waals surface area contributed by atoms with E-state index in [1.807, 2.05) is 0 Å². The SMILES string of the molecule is CC(C)(C)OC(=O)NCc1cccc(NC(=O)C(=O)Nc2ccc(-c3cnco3)cc2)c1. The molecule has 0 fully saturated rings. The Hall–Kier alpha value is -4.14. The Morgan fingerprint density at radius 3 is 2.28 bits per heavy atom. The zero-order chi connectivity index (χ0) is 23.1. The lowest BCUT2D eigenvalue weighted by molar-refractivity contribution is -0.132. The molecule has 166 valence electrons. The molecule has 0 unspecified atom stereocenters. The first-order chi connectivity index (χ1) is 15.2. The summed E-state index contributed by atoms with van der Waals surface area (Å²) < 4.78 is 10.4. The summed E-state index contributed by atoms with van der Waals surface area (Å²) >= 11 is 0. The lowest BCUT2D eigenvalue weighted by Crippen LogP contribution is -2.32. The van der Waals surface area contributed by atoms with E-state index < -0.39 is 23.5 Å². The second kappa shape index (κ2) is 9.78. The number of benzene rings is 2. The third kappa shape index (κ3) is 6.69. The molecule has 3 N–H and O–H groups in total. The lowest BCUT2D eigenvalue weighted by atomic mass is 10.1. The van der Waals surface area contributed by atoms with Crippen LogP contribution in [0.5, 0.6) is 0 Å². The van der Waals surface area contributed by atoms with Crippen molar-refractivity contribution in [3.63, 3.8) is 0 Å². The fraction of sp³-hybridized carbons (Fsp3) is 0.217. The molecular formula is C23H24N4O5. The molecule has 0 saturated carbocycles. The number of hydrogen-bond donors (Lipinski definition) is 3. The van der Waals surface area contributed by atoms with Crippen LogP contribution in [0.15, 0.2) is 65.5 Å². The van der Waals surface area contributed by atoms with E-state index in [2.05, 4.69) is 20.9 Å². The fourth-order valence-corrected chi connectivity index (χ4v) is 2.70. The van der Waals surface area contributed by atoms with Crippen molar-refractivity contribution >= 4 is 29.3 Å². The second-order valence-electron chi connectivity index (χ2n) is 7.91. The van der Waals surface area contributed by atoms with Crippen LogP contribution in [0.25, 0.3) is 11.3 Å². The summed E-state index contributed by atoms with van der Waals surface area (Å²) in [5, 5.41) is 7.73. The topological polar surface area (TPSA) is 123 Å². The van der Waals surface area contributed by atoms with Crippen LogP contribution in [0.4, 0.5) is 16.2 Å². The number of nitrogens with zero attached hydrogens (tertiary/aromatic N) is 1. The molecule has 32 heavy (non-hydrogen) atoms. The first-order valence-corrected chi connectivity index (χ1v) is 9.87. The van der Waals surface area contributed by atoms with Gasteiger partial charge in [0.1, 0.15) is 5.60 Å². The maximum Gasteiger partial charge on any atom is 0.407 e. The molecule has 0 radical (unpaired) electrons. The highest BCUT2D eigenvalue weighted by Crippen LogP contribution is 2.20. The van der Waals surface area contributed by atoms with Gasteiger partial charge in [0.25, 0.3) is 0 Å². The molecule has 0 saturated heterocycles. The van der Waals surface area contributed by atoms with Gasteiger partial charge in [0, 0.05) is 23.5 Å². The molecule has 3 aromatic rings. The van der Waals surface area contributed by atoms with Crippen LogP contribution in [0.3, 0.4) is 0 Å². The van der Waals surface area contributed by atoms with Crippen molar-refractivity contribution in [2.75, 3.05) is 10.6 Å². The average molecular weight is 436 g/mol. The summed E-state index contributed by atoms with van der Waals surface area (Å²) in [7, 11) is 0. The molecule has 2 aromatic carbocycles. The van der Waals surface area contributed by atoms with E-state index >= 15 is 0 Å². The van der Waals surface area contributed by atoms with Crippen molar-refractivity contribution in [3.8, 4) is 11.3 Å². The lowest BCUT2D eigenvalue weighted by Gasteiger charge is -2.19. The molecule has 0 aliphatic carbocycles. The molecule has 0 aliphatic rings. The van der Waals surface area contributed by atoms with Gasteiger partial charge in [-0.05, 0) is 62.7 Å². The zero-order valence-electron chi connectivity index (χ0n) is 18.0. The molecule has 0 atom stereocenters. The molecule has 1 heterocycles. The van der Waals surface area contributed by atoms with Crippen LogP contribution in [-0.2, 0) is 20.9 Å². The summed E-state index contributed by atoms with van der Waals surface area (Å²) in [5.41, 5.74) is 1.82. The van der Waals surface area contributed by atoms with Crippen LogP contribution in [0, 0.1) is 0 Å². The second-order valence-corrected chi connectivity index (χ2v) is 7.91. The number of hydrogen-bond acceptors (Lipinski definition) is 6. The number of nitrogens with one attached hydrogen (secondary N) is 3. The van der Waals surface area contributed by atoms with Crippen molar-refractivity contribution in [1.82, 2.24) is 10.3 Å². The molecular weight excluding hydrogens is 412 g/mol. The Bertz CT molecular complexity index is 1090. The number of amides is 3. The Morgan fingerprint density at radius 1 is 0.969 bits per heavy atom. The van der Waals surface area contributed by atoms with Gasteiger partial charge in [0.15, 0.2) is 12.2 Å². The largest absolute Gasteiger partial charge is 0.444 e. The van der Waals surface area contributed by atoms with E-state index in [1.165, 1.54) is 6.39 Å². The molecule has 3 rings (SSSR count). The van der Waals surface area contributed by atoms with Crippen LogP contribution < -0.4 is 16.0 Å². The molecule has 3 amide bonds. The van der Waals surface area contributed by atoms with Crippen LogP contribution in [0.1, 0.15) is 26.3 Å². The highest BCUT2D eigenvalue weighted by Gasteiger charge is 2.16. The van der Waals surface area contributed by atoms with E-state index in [0.29, 0.717) is 17.1 Å². The number of anilines is 2. The highest BCUT2D eigenvalue weighted by atomic mass is 16.6. The number of rotatable bonds is 5. The summed E-state index contributed by atoms with van der Waals surface area (Å²) in [6.07, 6.45) is 2.37. The maximum atomic E-state index is 12.3.